The number of rotatable bonds is 1. The third-order valence-electron chi connectivity index (χ3n) is 2.64. The lowest BCUT2D eigenvalue weighted by Gasteiger charge is -2.08. The van der Waals surface area contributed by atoms with Gasteiger partial charge in [-0.2, -0.15) is 0 Å². The molecule has 0 amide bonds. The molecule has 0 radical (unpaired) electrons. The minimum Gasteiger partial charge on any atom is -0.361 e. The topological polar surface area (TPSA) is 38.1 Å². The van der Waals surface area contributed by atoms with Crippen LogP contribution in [0.25, 0.3) is 0 Å². The highest BCUT2D eigenvalue weighted by Crippen LogP contribution is 2.25. The van der Waals surface area contributed by atoms with Crippen molar-refractivity contribution in [2.75, 3.05) is 13.1 Å². The third-order valence-corrected chi connectivity index (χ3v) is 2.64. The molecule has 1 saturated heterocycles. The number of aryl methyl sites for hydroxylation is 1. The maximum Gasteiger partial charge on any atom is 0.133 e. The van der Waals surface area contributed by atoms with Crippen LogP contribution in [0, 0.1) is 6.92 Å². The summed E-state index contributed by atoms with van der Waals surface area (Å²) >= 11 is 0. The van der Waals surface area contributed by atoms with E-state index in [4.69, 9.17) is 4.52 Å². The zero-order chi connectivity index (χ0) is 9.10. The number of aromatic nitrogens is 1. The molecule has 0 aromatic carbocycles. The summed E-state index contributed by atoms with van der Waals surface area (Å²) in [6.07, 6.45) is 3.67. The van der Waals surface area contributed by atoms with E-state index in [0.29, 0.717) is 5.92 Å². The van der Waals surface area contributed by atoms with Crippen LogP contribution in [0.4, 0.5) is 0 Å². The van der Waals surface area contributed by atoms with Gasteiger partial charge in [-0.15, -0.1) is 0 Å². The van der Waals surface area contributed by atoms with Crippen LogP contribution in [-0.2, 0) is 0 Å². The molecule has 3 heteroatoms. The van der Waals surface area contributed by atoms with Crippen molar-refractivity contribution in [2.45, 2.75) is 32.1 Å². The Balaban J connectivity index is 2.06. The molecule has 1 aromatic rings. The zero-order valence-electron chi connectivity index (χ0n) is 8.05. The summed E-state index contributed by atoms with van der Waals surface area (Å²) in [6, 6.07) is 2.07. The van der Waals surface area contributed by atoms with Crippen molar-refractivity contribution in [3.8, 4) is 0 Å². The monoisotopic (exact) mass is 180 g/mol. The van der Waals surface area contributed by atoms with Gasteiger partial charge in [-0.1, -0.05) is 5.16 Å². The van der Waals surface area contributed by atoms with E-state index >= 15 is 0 Å². The Kier molecular flexibility index (Phi) is 2.64. The van der Waals surface area contributed by atoms with Gasteiger partial charge in [0.1, 0.15) is 5.76 Å². The van der Waals surface area contributed by atoms with Crippen molar-refractivity contribution in [1.29, 1.82) is 0 Å². The van der Waals surface area contributed by atoms with E-state index in [-0.39, 0.29) is 0 Å². The molecule has 0 aliphatic carbocycles. The molecule has 2 rings (SSSR count). The van der Waals surface area contributed by atoms with Crippen molar-refractivity contribution in [1.82, 2.24) is 10.5 Å². The van der Waals surface area contributed by atoms with Gasteiger partial charge in [-0.3, -0.25) is 0 Å². The van der Waals surface area contributed by atoms with Crippen LogP contribution in [0.3, 0.4) is 0 Å². The largest absolute Gasteiger partial charge is 0.361 e. The lowest BCUT2D eigenvalue weighted by atomic mass is 9.97. The first-order chi connectivity index (χ1) is 6.36. The van der Waals surface area contributed by atoms with Gasteiger partial charge in [-0.05, 0) is 39.3 Å². The van der Waals surface area contributed by atoms with E-state index < -0.39 is 0 Å². The average Bonchev–Trinajstić information content (AvgIpc) is 2.43. The van der Waals surface area contributed by atoms with Crippen LogP contribution in [-0.4, -0.2) is 18.2 Å². The van der Waals surface area contributed by atoms with Crippen molar-refractivity contribution in [3.05, 3.63) is 17.5 Å². The number of nitrogens with zero attached hydrogens (tertiary/aromatic N) is 1. The summed E-state index contributed by atoms with van der Waals surface area (Å²) < 4.78 is 5.09. The third kappa shape index (κ3) is 2.10. The van der Waals surface area contributed by atoms with Crippen molar-refractivity contribution in [2.24, 2.45) is 0 Å². The van der Waals surface area contributed by atoms with Crippen LogP contribution >= 0.6 is 0 Å². The normalized spacial score (nSPS) is 24.2. The lowest BCUT2D eigenvalue weighted by molar-refractivity contribution is 0.382. The predicted molar refractivity (Wildman–Crippen MR) is 50.7 cm³/mol. The molecule has 13 heavy (non-hydrogen) atoms. The number of hydrogen-bond acceptors (Lipinski definition) is 3. The summed E-state index contributed by atoms with van der Waals surface area (Å²) in [6.45, 7) is 4.20. The first-order valence-corrected chi connectivity index (χ1v) is 5.00. The second-order valence-electron chi connectivity index (χ2n) is 3.74. The van der Waals surface area contributed by atoms with E-state index in [1.807, 2.05) is 6.92 Å². The lowest BCUT2D eigenvalue weighted by Crippen LogP contribution is -2.13. The highest BCUT2D eigenvalue weighted by molar-refractivity contribution is 5.09. The molecule has 1 N–H and O–H groups in total. The van der Waals surface area contributed by atoms with Crippen LogP contribution in [0.15, 0.2) is 10.6 Å². The molecule has 1 aliphatic rings. The molecule has 2 heterocycles. The molecule has 72 valence electrons. The Labute approximate surface area is 78.5 Å². The molecule has 0 saturated carbocycles. The SMILES string of the molecule is Cc1cc(C2CCCNCC2)no1. The Hall–Kier alpha value is -0.830. The van der Waals surface area contributed by atoms with Crippen LogP contribution < -0.4 is 5.32 Å². The maximum absolute atomic E-state index is 5.09. The number of nitrogens with one attached hydrogen (secondary N) is 1. The molecule has 1 unspecified atom stereocenters. The van der Waals surface area contributed by atoms with E-state index in [2.05, 4.69) is 16.5 Å². The van der Waals surface area contributed by atoms with Gasteiger partial charge in [-0.25, -0.2) is 0 Å². The molecular formula is C10H16N2O. The van der Waals surface area contributed by atoms with Crippen LogP contribution in [0.2, 0.25) is 0 Å². The second kappa shape index (κ2) is 3.92. The molecule has 1 fully saturated rings. The van der Waals surface area contributed by atoms with Crippen molar-refractivity contribution >= 4 is 0 Å². The zero-order valence-corrected chi connectivity index (χ0v) is 8.05. The second-order valence-corrected chi connectivity index (χ2v) is 3.74. The smallest absolute Gasteiger partial charge is 0.133 e. The van der Waals surface area contributed by atoms with Gasteiger partial charge in [0.25, 0.3) is 0 Å². The van der Waals surface area contributed by atoms with Gasteiger partial charge >= 0.3 is 0 Å². The van der Waals surface area contributed by atoms with E-state index in [9.17, 15) is 0 Å². The summed E-state index contributed by atoms with van der Waals surface area (Å²) in [7, 11) is 0. The molecule has 1 atom stereocenters. The van der Waals surface area contributed by atoms with Crippen molar-refractivity contribution in [3.63, 3.8) is 0 Å². The molecular weight excluding hydrogens is 164 g/mol. The van der Waals surface area contributed by atoms with Crippen molar-refractivity contribution < 1.29 is 4.52 Å². The van der Waals surface area contributed by atoms with Gasteiger partial charge in [0, 0.05) is 12.0 Å². The van der Waals surface area contributed by atoms with E-state index in [1.165, 1.54) is 19.3 Å². The molecule has 1 aliphatic heterocycles. The van der Waals surface area contributed by atoms with Gasteiger partial charge in [0.15, 0.2) is 0 Å². The Morgan fingerprint density at radius 3 is 3.15 bits per heavy atom. The minimum atomic E-state index is 0.604. The molecule has 0 spiro atoms. The quantitative estimate of drug-likeness (QED) is 0.716. The number of hydrogen-bond donors (Lipinski definition) is 1. The Morgan fingerprint density at radius 1 is 1.46 bits per heavy atom. The summed E-state index contributed by atoms with van der Waals surface area (Å²) in [5.74, 6) is 1.53. The first-order valence-electron chi connectivity index (χ1n) is 5.00. The van der Waals surface area contributed by atoms with Crippen LogP contribution in [0.1, 0.15) is 36.6 Å². The van der Waals surface area contributed by atoms with Crippen LogP contribution in [0.5, 0.6) is 0 Å². The average molecular weight is 180 g/mol. The molecule has 3 nitrogen and oxygen atoms in total. The summed E-state index contributed by atoms with van der Waals surface area (Å²) in [4.78, 5) is 0. The molecule has 0 bridgehead atoms. The van der Waals surface area contributed by atoms with E-state index in [1.54, 1.807) is 0 Å². The fourth-order valence-electron chi connectivity index (χ4n) is 1.89. The van der Waals surface area contributed by atoms with Gasteiger partial charge in [0.2, 0.25) is 0 Å². The van der Waals surface area contributed by atoms with E-state index in [0.717, 1.165) is 24.5 Å². The Morgan fingerprint density at radius 2 is 2.38 bits per heavy atom. The predicted octanol–water partition coefficient (Wildman–Crippen LogP) is 1.84. The first kappa shape index (κ1) is 8.75. The standard InChI is InChI=1S/C10H16N2O/c1-8-7-10(12-13-8)9-3-2-5-11-6-4-9/h7,9,11H,2-6H2,1H3. The van der Waals surface area contributed by atoms with Gasteiger partial charge < -0.3 is 9.84 Å². The fourth-order valence-corrected chi connectivity index (χ4v) is 1.89. The molecule has 1 aromatic heterocycles. The summed E-state index contributed by atoms with van der Waals surface area (Å²) in [5.41, 5.74) is 1.14. The maximum atomic E-state index is 5.09. The summed E-state index contributed by atoms with van der Waals surface area (Å²) in [5, 5.41) is 7.47. The van der Waals surface area contributed by atoms with Gasteiger partial charge in [0.05, 0.1) is 5.69 Å². The Bertz CT molecular complexity index is 262. The minimum absolute atomic E-state index is 0.604. The highest BCUT2D eigenvalue weighted by Gasteiger charge is 2.16. The fraction of sp³-hybridized carbons (Fsp3) is 0.700. The highest BCUT2D eigenvalue weighted by atomic mass is 16.5.